The molecule has 0 saturated heterocycles. The molecule has 0 aliphatic heterocycles. The van der Waals surface area contributed by atoms with Gasteiger partial charge < -0.3 is 4.74 Å². The fourth-order valence-corrected chi connectivity index (χ4v) is 2.03. The van der Waals surface area contributed by atoms with E-state index in [0.717, 1.165) is 25.0 Å². The molecule has 0 saturated carbocycles. The fourth-order valence-electron chi connectivity index (χ4n) is 1.66. The molecule has 0 aromatic rings. The number of thiol groups is 4. The molecule has 0 fully saturated rings. The lowest BCUT2D eigenvalue weighted by Crippen LogP contribution is -2.25. The smallest absolute Gasteiger partial charge is 0.349 e. The van der Waals surface area contributed by atoms with Crippen molar-refractivity contribution in [2.45, 2.75) is 61.2 Å². The van der Waals surface area contributed by atoms with Gasteiger partial charge in [0, 0.05) is 6.42 Å². The van der Waals surface area contributed by atoms with Crippen molar-refractivity contribution in [1.82, 2.24) is 0 Å². The maximum Gasteiger partial charge on any atom is 0.349 e. The number of ether oxygens (including phenoxy) is 1. The first-order valence-corrected chi connectivity index (χ1v) is 8.88. The Morgan fingerprint density at radius 2 is 1.25 bits per heavy atom. The summed E-state index contributed by atoms with van der Waals surface area (Å²) in [6, 6.07) is 0. The zero-order valence-electron chi connectivity index (χ0n) is 11.6. The first-order valence-electron chi connectivity index (χ1n) is 6.91. The minimum absolute atomic E-state index is 0.247. The summed E-state index contributed by atoms with van der Waals surface area (Å²) in [4.78, 5) is 22.6. The number of esters is 2. The highest BCUT2D eigenvalue weighted by molar-refractivity contribution is 8.18. The van der Waals surface area contributed by atoms with Gasteiger partial charge >= 0.3 is 11.9 Å². The van der Waals surface area contributed by atoms with Crippen molar-refractivity contribution in [3.63, 3.8) is 0 Å². The third-order valence-electron chi connectivity index (χ3n) is 2.77. The van der Waals surface area contributed by atoms with Gasteiger partial charge in [0.1, 0.15) is 0 Å². The van der Waals surface area contributed by atoms with Gasteiger partial charge in [-0.25, -0.2) is 4.79 Å². The zero-order chi connectivity index (χ0) is 15.4. The van der Waals surface area contributed by atoms with Crippen molar-refractivity contribution in [3.8, 4) is 0 Å². The van der Waals surface area contributed by atoms with E-state index in [1.54, 1.807) is 0 Å². The Labute approximate surface area is 143 Å². The molecule has 0 N–H and O–H groups in total. The predicted octanol–water partition coefficient (Wildman–Crippen LogP) is 3.94. The molecule has 118 valence electrons. The largest absolute Gasteiger partial charge is 0.391 e. The van der Waals surface area contributed by atoms with Gasteiger partial charge in [0.15, 0.2) is 3.41 Å². The van der Waals surface area contributed by atoms with Gasteiger partial charge in [-0.3, -0.25) is 4.79 Å². The van der Waals surface area contributed by atoms with Crippen LogP contribution in [0, 0.1) is 0 Å². The molecule has 0 aliphatic carbocycles. The van der Waals surface area contributed by atoms with E-state index in [2.05, 4.69) is 55.3 Å². The molecule has 0 aliphatic rings. The number of carbonyl (C=O) groups is 2. The van der Waals surface area contributed by atoms with E-state index in [9.17, 15) is 9.59 Å². The molecule has 0 rings (SSSR count). The van der Waals surface area contributed by atoms with E-state index >= 15 is 0 Å². The second-order valence-electron chi connectivity index (χ2n) is 4.70. The van der Waals surface area contributed by atoms with Gasteiger partial charge in [-0.1, -0.05) is 38.5 Å². The van der Waals surface area contributed by atoms with Gasteiger partial charge in [0.25, 0.3) is 0 Å². The van der Waals surface area contributed by atoms with Gasteiger partial charge in [0.2, 0.25) is 0 Å². The van der Waals surface area contributed by atoms with E-state index in [1.165, 1.54) is 32.1 Å². The first-order chi connectivity index (χ1) is 9.38. The lowest BCUT2D eigenvalue weighted by Gasteiger charge is -2.12. The summed E-state index contributed by atoms with van der Waals surface area (Å²) >= 11 is 15.5. The normalized spacial score (nSPS) is 11.4. The van der Waals surface area contributed by atoms with E-state index in [-0.39, 0.29) is 6.42 Å². The molecule has 20 heavy (non-hydrogen) atoms. The molecule has 0 spiro atoms. The summed E-state index contributed by atoms with van der Waals surface area (Å²) in [7, 11) is 0. The van der Waals surface area contributed by atoms with Crippen molar-refractivity contribution >= 4 is 62.5 Å². The standard InChI is InChI=1S/C13H24O3S4/c14-11(16-12(15)13(18,19)20)9-7-5-3-1-2-4-6-8-10-17/h17-20H,1-10H2. The van der Waals surface area contributed by atoms with E-state index in [0.29, 0.717) is 0 Å². The van der Waals surface area contributed by atoms with Gasteiger partial charge in [0.05, 0.1) is 0 Å². The molecule has 0 amide bonds. The van der Waals surface area contributed by atoms with E-state index < -0.39 is 15.3 Å². The highest BCUT2D eigenvalue weighted by Crippen LogP contribution is 2.25. The second kappa shape index (κ2) is 12.1. The highest BCUT2D eigenvalue weighted by Gasteiger charge is 2.29. The number of hydrogen-bond acceptors (Lipinski definition) is 7. The minimum Gasteiger partial charge on any atom is -0.391 e. The average molecular weight is 357 g/mol. The maximum absolute atomic E-state index is 11.4. The number of unbranched alkanes of at least 4 members (excludes halogenated alkanes) is 7. The maximum atomic E-state index is 11.4. The molecule has 0 aromatic carbocycles. The summed E-state index contributed by atoms with van der Waals surface area (Å²) < 4.78 is 3.05. The van der Waals surface area contributed by atoms with Crippen LogP contribution in [-0.2, 0) is 14.3 Å². The van der Waals surface area contributed by atoms with Crippen molar-refractivity contribution in [2.75, 3.05) is 5.75 Å². The monoisotopic (exact) mass is 356 g/mol. The van der Waals surface area contributed by atoms with Gasteiger partial charge in [-0.05, 0) is 18.6 Å². The van der Waals surface area contributed by atoms with Crippen LogP contribution in [0.4, 0.5) is 0 Å². The molecular formula is C13H24O3S4. The summed E-state index contributed by atoms with van der Waals surface area (Å²) in [5.41, 5.74) is 0. The van der Waals surface area contributed by atoms with E-state index in [1.807, 2.05) is 0 Å². The number of rotatable bonds is 11. The SMILES string of the molecule is O=C(CCCCCCCCCCS)OC(=O)C(S)(S)S. The quantitative estimate of drug-likeness (QED) is 0.149. The Kier molecular flexibility index (Phi) is 12.4. The first kappa shape index (κ1) is 20.5. The van der Waals surface area contributed by atoms with Gasteiger partial charge in [-0.15, -0.1) is 37.9 Å². The third-order valence-corrected chi connectivity index (χ3v) is 3.63. The minimum atomic E-state index is -1.53. The van der Waals surface area contributed by atoms with Crippen LogP contribution in [0.25, 0.3) is 0 Å². The second-order valence-corrected chi connectivity index (χ2v) is 8.22. The summed E-state index contributed by atoms with van der Waals surface area (Å²) in [6.07, 6.45) is 9.18. The molecule has 0 radical (unpaired) electrons. The Bertz CT molecular complexity index is 290. The van der Waals surface area contributed by atoms with Crippen molar-refractivity contribution in [2.24, 2.45) is 0 Å². The molecular weight excluding hydrogens is 332 g/mol. The molecule has 0 aromatic heterocycles. The zero-order valence-corrected chi connectivity index (χ0v) is 15.2. The highest BCUT2D eigenvalue weighted by atomic mass is 32.2. The lowest BCUT2D eigenvalue weighted by atomic mass is 10.1. The van der Waals surface area contributed by atoms with Crippen LogP contribution in [0.5, 0.6) is 0 Å². The molecule has 3 nitrogen and oxygen atoms in total. The Balaban J connectivity index is 3.43. The third kappa shape index (κ3) is 12.3. The summed E-state index contributed by atoms with van der Waals surface area (Å²) in [6.45, 7) is 0. The van der Waals surface area contributed by atoms with Crippen LogP contribution in [0.1, 0.15) is 57.8 Å². The Hall–Kier alpha value is 0.540. The molecule has 0 unspecified atom stereocenters. The van der Waals surface area contributed by atoms with Crippen molar-refractivity contribution in [1.29, 1.82) is 0 Å². The van der Waals surface area contributed by atoms with Crippen LogP contribution in [0.15, 0.2) is 0 Å². The average Bonchev–Trinajstić information content (AvgIpc) is 2.35. The molecule has 0 atom stereocenters. The summed E-state index contributed by atoms with van der Waals surface area (Å²) in [5.74, 6) is -0.417. The van der Waals surface area contributed by atoms with Gasteiger partial charge in [-0.2, -0.15) is 12.6 Å². The molecule has 0 bridgehead atoms. The summed E-state index contributed by atoms with van der Waals surface area (Å²) in [5, 5.41) is 0. The van der Waals surface area contributed by atoms with Crippen molar-refractivity contribution < 1.29 is 14.3 Å². The van der Waals surface area contributed by atoms with Crippen LogP contribution in [-0.4, -0.2) is 21.1 Å². The van der Waals surface area contributed by atoms with Crippen molar-refractivity contribution in [3.05, 3.63) is 0 Å². The lowest BCUT2D eigenvalue weighted by molar-refractivity contribution is -0.158. The van der Waals surface area contributed by atoms with Crippen LogP contribution in [0.2, 0.25) is 0 Å². The predicted molar refractivity (Wildman–Crippen MR) is 96.2 cm³/mol. The van der Waals surface area contributed by atoms with Crippen LogP contribution < -0.4 is 0 Å². The van der Waals surface area contributed by atoms with Crippen LogP contribution in [0.3, 0.4) is 0 Å². The Morgan fingerprint density at radius 3 is 1.70 bits per heavy atom. The number of carbonyl (C=O) groups excluding carboxylic acids is 2. The fraction of sp³-hybridized carbons (Fsp3) is 0.846. The van der Waals surface area contributed by atoms with E-state index in [4.69, 9.17) is 0 Å². The Morgan fingerprint density at radius 1 is 0.800 bits per heavy atom. The van der Waals surface area contributed by atoms with Crippen LogP contribution >= 0.6 is 50.5 Å². The topological polar surface area (TPSA) is 43.4 Å². The molecule has 0 heterocycles. The number of hydrogen-bond donors (Lipinski definition) is 4. The molecule has 7 heteroatoms.